The average molecular weight is 303 g/mol. The summed E-state index contributed by atoms with van der Waals surface area (Å²) in [5.41, 5.74) is 6.09. The second-order valence-electron chi connectivity index (χ2n) is 5.35. The van der Waals surface area contributed by atoms with Gasteiger partial charge in [0.05, 0.1) is 18.7 Å². The summed E-state index contributed by atoms with van der Waals surface area (Å²) in [6.07, 6.45) is 1.01. The van der Waals surface area contributed by atoms with Crippen LogP contribution in [-0.4, -0.2) is 60.1 Å². The van der Waals surface area contributed by atoms with Crippen molar-refractivity contribution in [3.05, 3.63) is 24.3 Å². The van der Waals surface area contributed by atoms with Gasteiger partial charge in [-0.3, -0.25) is 4.90 Å². The summed E-state index contributed by atoms with van der Waals surface area (Å²) < 4.78 is 6.57. The summed E-state index contributed by atoms with van der Waals surface area (Å²) in [5.74, 6) is 0.705. The number of hydrogen-bond acceptors (Lipinski definition) is 5. The Bertz CT molecular complexity index is 648. The molecule has 1 amide bonds. The van der Waals surface area contributed by atoms with E-state index in [1.165, 1.54) is 4.68 Å². The zero-order chi connectivity index (χ0) is 15.4. The molecular weight excluding hydrogens is 282 g/mol. The van der Waals surface area contributed by atoms with Gasteiger partial charge in [0.15, 0.2) is 5.82 Å². The number of amides is 1. The Morgan fingerprint density at radius 2 is 2.09 bits per heavy atom. The number of para-hydroxylation sites is 1. The molecule has 0 atom stereocenters. The highest BCUT2D eigenvalue weighted by molar-refractivity contribution is 5.96. The first-order chi connectivity index (χ1) is 10.8. The zero-order valence-corrected chi connectivity index (χ0v) is 12.5. The van der Waals surface area contributed by atoms with Gasteiger partial charge in [-0.05, 0) is 25.1 Å². The van der Waals surface area contributed by atoms with Gasteiger partial charge in [-0.15, -0.1) is 5.10 Å². The lowest BCUT2D eigenvalue weighted by Gasteiger charge is -2.26. The van der Waals surface area contributed by atoms with Crippen LogP contribution in [0.1, 0.15) is 6.42 Å². The summed E-state index contributed by atoms with van der Waals surface area (Å²) in [5, 5.41) is 8.49. The van der Waals surface area contributed by atoms with Crippen molar-refractivity contribution in [2.24, 2.45) is 5.73 Å². The lowest BCUT2D eigenvalue weighted by molar-refractivity contribution is 0.0378. The molecule has 1 aliphatic heterocycles. The van der Waals surface area contributed by atoms with E-state index < -0.39 is 6.03 Å². The van der Waals surface area contributed by atoms with Crippen molar-refractivity contribution < 1.29 is 9.53 Å². The van der Waals surface area contributed by atoms with Crippen molar-refractivity contribution in [2.75, 3.05) is 44.7 Å². The quantitative estimate of drug-likeness (QED) is 0.808. The Balaban J connectivity index is 1.60. The Morgan fingerprint density at radius 3 is 2.86 bits per heavy atom. The van der Waals surface area contributed by atoms with Gasteiger partial charge < -0.3 is 15.8 Å². The normalized spacial score (nSPS) is 16.0. The van der Waals surface area contributed by atoms with Crippen LogP contribution in [0.15, 0.2) is 24.3 Å². The Kier molecular flexibility index (Phi) is 4.55. The van der Waals surface area contributed by atoms with Crippen molar-refractivity contribution in [2.45, 2.75) is 6.42 Å². The first-order valence-corrected chi connectivity index (χ1v) is 7.57. The monoisotopic (exact) mass is 303 g/mol. The van der Waals surface area contributed by atoms with Crippen molar-refractivity contribution in [1.82, 2.24) is 14.7 Å². The van der Waals surface area contributed by atoms with E-state index in [1.807, 2.05) is 24.3 Å². The molecule has 22 heavy (non-hydrogen) atoms. The first-order valence-electron chi connectivity index (χ1n) is 7.57. The first kappa shape index (κ1) is 14.8. The highest BCUT2D eigenvalue weighted by Crippen LogP contribution is 2.22. The van der Waals surface area contributed by atoms with E-state index >= 15 is 0 Å². The van der Waals surface area contributed by atoms with E-state index in [4.69, 9.17) is 10.5 Å². The average Bonchev–Trinajstić information content (AvgIpc) is 2.92. The van der Waals surface area contributed by atoms with Gasteiger partial charge in [0.1, 0.15) is 0 Å². The molecule has 2 aromatic rings. The van der Waals surface area contributed by atoms with E-state index in [0.717, 1.165) is 56.7 Å². The molecule has 0 spiro atoms. The fraction of sp³-hybridized carbons (Fsp3) is 0.467. The number of benzene rings is 1. The van der Waals surface area contributed by atoms with Crippen molar-refractivity contribution in [1.29, 1.82) is 0 Å². The minimum atomic E-state index is -0.572. The molecule has 0 radical (unpaired) electrons. The minimum absolute atomic E-state index is 0.572. The van der Waals surface area contributed by atoms with Crippen LogP contribution in [0.2, 0.25) is 0 Å². The second-order valence-corrected chi connectivity index (χ2v) is 5.35. The molecule has 1 aliphatic rings. The van der Waals surface area contributed by atoms with Gasteiger partial charge >= 0.3 is 6.03 Å². The minimum Gasteiger partial charge on any atom is -0.379 e. The van der Waals surface area contributed by atoms with E-state index in [-0.39, 0.29) is 0 Å². The van der Waals surface area contributed by atoms with Gasteiger partial charge in [-0.1, -0.05) is 12.1 Å². The third-order valence-corrected chi connectivity index (χ3v) is 3.84. The summed E-state index contributed by atoms with van der Waals surface area (Å²) in [7, 11) is 0. The van der Waals surface area contributed by atoms with Gasteiger partial charge in [0.2, 0.25) is 0 Å². The summed E-state index contributed by atoms with van der Waals surface area (Å²) in [4.78, 5) is 13.8. The number of morpholine rings is 1. The number of hydrogen-bond donors (Lipinski definition) is 2. The van der Waals surface area contributed by atoms with Gasteiger partial charge in [-0.2, -0.15) is 4.68 Å². The fourth-order valence-corrected chi connectivity index (χ4v) is 2.70. The van der Waals surface area contributed by atoms with Gasteiger partial charge in [-0.25, -0.2) is 4.79 Å². The number of rotatable bonds is 5. The maximum absolute atomic E-state index is 11.4. The molecule has 7 heteroatoms. The molecule has 1 aromatic heterocycles. The summed E-state index contributed by atoms with van der Waals surface area (Å²) in [6, 6.07) is 7.00. The van der Waals surface area contributed by atoms with E-state index in [2.05, 4.69) is 15.3 Å². The van der Waals surface area contributed by atoms with Crippen LogP contribution < -0.4 is 11.1 Å². The second kappa shape index (κ2) is 6.76. The molecule has 1 aromatic carbocycles. The number of carbonyl (C=O) groups is 1. The maximum atomic E-state index is 11.4. The van der Waals surface area contributed by atoms with Crippen LogP contribution in [0, 0.1) is 0 Å². The summed E-state index contributed by atoms with van der Waals surface area (Å²) in [6.45, 7) is 5.47. The molecule has 0 bridgehead atoms. The number of anilines is 1. The number of primary amides is 1. The van der Waals surface area contributed by atoms with Crippen LogP contribution >= 0.6 is 0 Å². The van der Waals surface area contributed by atoms with E-state index in [9.17, 15) is 4.79 Å². The predicted octanol–water partition coefficient (Wildman–Crippen LogP) is 1.10. The number of nitrogens with one attached hydrogen (secondary N) is 1. The van der Waals surface area contributed by atoms with Crippen molar-refractivity contribution >= 4 is 22.8 Å². The smallest absolute Gasteiger partial charge is 0.340 e. The number of aromatic nitrogens is 2. The standard InChI is InChI=1S/C15H21N5O2/c16-15(21)20-13-5-2-1-4-12(13)14(18-20)17-6-3-7-19-8-10-22-11-9-19/h1-2,4-5H,3,6-11H2,(H2,16,21)(H,17,18). The zero-order valence-electron chi connectivity index (χ0n) is 12.5. The highest BCUT2D eigenvalue weighted by Gasteiger charge is 2.13. The molecule has 7 nitrogen and oxygen atoms in total. The molecule has 0 unspecified atom stereocenters. The van der Waals surface area contributed by atoms with E-state index in [0.29, 0.717) is 5.82 Å². The largest absolute Gasteiger partial charge is 0.379 e. The number of nitrogens with two attached hydrogens (primary N) is 1. The topological polar surface area (TPSA) is 85.4 Å². The third-order valence-electron chi connectivity index (χ3n) is 3.84. The molecule has 1 saturated heterocycles. The van der Waals surface area contributed by atoms with Crippen LogP contribution in [-0.2, 0) is 4.74 Å². The van der Waals surface area contributed by atoms with Gasteiger partial charge in [0, 0.05) is 25.0 Å². The molecular formula is C15H21N5O2. The maximum Gasteiger partial charge on any atom is 0.340 e. The Hall–Kier alpha value is -2.12. The van der Waals surface area contributed by atoms with Gasteiger partial charge in [0.25, 0.3) is 0 Å². The molecule has 1 fully saturated rings. The van der Waals surface area contributed by atoms with Crippen molar-refractivity contribution in [3.63, 3.8) is 0 Å². The number of ether oxygens (including phenoxy) is 1. The fourth-order valence-electron chi connectivity index (χ4n) is 2.70. The molecule has 0 saturated carbocycles. The summed E-state index contributed by atoms with van der Waals surface area (Å²) >= 11 is 0. The number of fused-ring (bicyclic) bond motifs is 1. The molecule has 3 rings (SSSR count). The molecule has 2 heterocycles. The lowest BCUT2D eigenvalue weighted by atomic mass is 10.2. The van der Waals surface area contributed by atoms with E-state index in [1.54, 1.807) is 0 Å². The van der Waals surface area contributed by atoms with Crippen molar-refractivity contribution in [3.8, 4) is 0 Å². The predicted molar refractivity (Wildman–Crippen MR) is 85.1 cm³/mol. The third kappa shape index (κ3) is 3.20. The van der Waals surface area contributed by atoms with Crippen LogP contribution in [0.25, 0.3) is 10.9 Å². The number of nitrogens with zero attached hydrogens (tertiary/aromatic N) is 3. The number of carbonyl (C=O) groups excluding carboxylic acids is 1. The van der Waals surface area contributed by atoms with Crippen LogP contribution in [0.5, 0.6) is 0 Å². The highest BCUT2D eigenvalue weighted by atomic mass is 16.5. The molecule has 118 valence electrons. The Labute approximate surface area is 129 Å². The molecule has 0 aliphatic carbocycles. The Morgan fingerprint density at radius 1 is 1.32 bits per heavy atom. The SMILES string of the molecule is NC(=O)n1nc(NCCCN2CCOCC2)c2ccccc21. The lowest BCUT2D eigenvalue weighted by Crippen LogP contribution is -2.37. The van der Waals surface area contributed by atoms with Crippen LogP contribution in [0.4, 0.5) is 10.6 Å². The van der Waals surface area contributed by atoms with Crippen LogP contribution in [0.3, 0.4) is 0 Å². The molecule has 3 N–H and O–H groups in total.